The fraction of sp³-hybridized carbons (Fsp3) is 0.167. The zero-order chi connectivity index (χ0) is 19.8. The number of nitriles is 1. The van der Waals surface area contributed by atoms with Crippen molar-refractivity contribution in [3.05, 3.63) is 63.7 Å². The van der Waals surface area contributed by atoms with Crippen LogP contribution in [0.1, 0.15) is 11.1 Å². The van der Waals surface area contributed by atoms with Gasteiger partial charge < -0.3 is 9.64 Å². The van der Waals surface area contributed by atoms with Gasteiger partial charge in [0.25, 0.3) is 11.6 Å². The Morgan fingerprint density at radius 1 is 1.37 bits per heavy atom. The number of nitro groups is 1. The maximum absolute atomic E-state index is 11.8. The molecule has 0 fully saturated rings. The zero-order valence-corrected chi connectivity index (χ0v) is 14.7. The third-order valence-electron chi connectivity index (χ3n) is 3.45. The number of para-hydroxylation sites is 1. The quantitative estimate of drug-likeness (QED) is 0.454. The number of benzene rings is 2. The van der Waals surface area contributed by atoms with Gasteiger partial charge in [-0.25, -0.2) is 5.43 Å². The average Bonchev–Trinajstić information content (AvgIpc) is 2.66. The van der Waals surface area contributed by atoms with Crippen LogP contribution >= 0.6 is 0 Å². The van der Waals surface area contributed by atoms with Gasteiger partial charge >= 0.3 is 0 Å². The summed E-state index contributed by atoms with van der Waals surface area (Å²) in [6.45, 7) is -0.324. The number of carbonyl (C=O) groups is 1. The molecule has 0 atom stereocenters. The maximum Gasteiger partial charge on any atom is 0.293 e. The van der Waals surface area contributed by atoms with Crippen molar-refractivity contribution in [3.8, 4) is 11.8 Å². The summed E-state index contributed by atoms with van der Waals surface area (Å²) in [6.07, 6.45) is 1.30. The fourth-order valence-corrected chi connectivity index (χ4v) is 2.18. The second-order valence-electron chi connectivity index (χ2n) is 5.59. The lowest BCUT2D eigenvalue weighted by molar-refractivity contribution is -0.384. The second-order valence-corrected chi connectivity index (χ2v) is 5.59. The number of amides is 1. The predicted molar refractivity (Wildman–Crippen MR) is 99.8 cm³/mol. The highest BCUT2D eigenvalue weighted by atomic mass is 16.6. The van der Waals surface area contributed by atoms with Crippen LogP contribution in [0.15, 0.2) is 47.6 Å². The van der Waals surface area contributed by atoms with Crippen molar-refractivity contribution in [2.45, 2.75) is 0 Å². The van der Waals surface area contributed by atoms with E-state index >= 15 is 0 Å². The van der Waals surface area contributed by atoms with E-state index in [0.717, 1.165) is 0 Å². The molecule has 9 nitrogen and oxygen atoms in total. The van der Waals surface area contributed by atoms with Gasteiger partial charge in [0.15, 0.2) is 6.61 Å². The fourth-order valence-electron chi connectivity index (χ4n) is 2.18. The summed E-state index contributed by atoms with van der Waals surface area (Å²) in [4.78, 5) is 24.1. The van der Waals surface area contributed by atoms with Crippen LogP contribution in [0.5, 0.6) is 5.75 Å². The maximum atomic E-state index is 11.8. The van der Waals surface area contributed by atoms with Gasteiger partial charge in [-0.1, -0.05) is 18.2 Å². The molecule has 0 aliphatic carbocycles. The molecule has 0 bridgehead atoms. The summed E-state index contributed by atoms with van der Waals surface area (Å²) in [5.74, 6) is -0.229. The van der Waals surface area contributed by atoms with E-state index in [2.05, 4.69) is 10.5 Å². The molecular weight excluding hydrogens is 350 g/mol. The molecule has 0 saturated heterocycles. The van der Waals surface area contributed by atoms with Gasteiger partial charge in [0.05, 0.1) is 16.7 Å². The van der Waals surface area contributed by atoms with Gasteiger partial charge in [-0.05, 0) is 18.2 Å². The van der Waals surface area contributed by atoms with Gasteiger partial charge in [0.2, 0.25) is 0 Å². The summed E-state index contributed by atoms with van der Waals surface area (Å²) in [7, 11) is 3.42. The van der Waals surface area contributed by atoms with Gasteiger partial charge in [0, 0.05) is 25.7 Å². The highest BCUT2D eigenvalue weighted by Crippen LogP contribution is 2.27. The highest BCUT2D eigenvalue weighted by Gasteiger charge is 2.15. The average molecular weight is 367 g/mol. The Bertz CT molecular complexity index is 918. The van der Waals surface area contributed by atoms with E-state index in [1.807, 2.05) is 6.07 Å². The second kappa shape index (κ2) is 8.96. The lowest BCUT2D eigenvalue weighted by atomic mass is 10.2. The van der Waals surface area contributed by atoms with Crippen LogP contribution in [-0.4, -0.2) is 37.7 Å². The topological polar surface area (TPSA) is 121 Å². The molecule has 2 aromatic carbocycles. The van der Waals surface area contributed by atoms with E-state index in [9.17, 15) is 14.9 Å². The summed E-state index contributed by atoms with van der Waals surface area (Å²) in [5, 5.41) is 23.9. The first-order valence-electron chi connectivity index (χ1n) is 7.82. The van der Waals surface area contributed by atoms with Crippen LogP contribution in [0, 0.1) is 21.4 Å². The first-order valence-corrected chi connectivity index (χ1v) is 7.82. The van der Waals surface area contributed by atoms with Crippen LogP contribution in [0.2, 0.25) is 0 Å². The van der Waals surface area contributed by atoms with E-state index in [0.29, 0.717) is 22.6 Å². The molecule has 1 N–H and O–H groups in total. The molecule has 0 spiro atoms. The van der Waals surface area contributed by atoms with Crippen LogP contribution < -0.4 is 15.1 Å². The largest absolute Gasteiger partial charge is 0.482 e. The van der Waals surface area contributed by atoms with Crippen LogP contribution in [0.3, 0.4) is 0 Å². The molecule has 0 radical (unpaired) electrons. The van der Waals surface area contributed by atoms with E-state index in [-0.39, 0.29) is 12.3 Å². The van der Waals surface area contributed by atoms with Gasteiger partial charge in [-0.3, -0.25) is 14.9 Å². The number of anilines is 1. The molecule has 0 saturated carbocycles. The minimum Gasteiger partial charge on any atom is -0.482 e. The van der Waals surface area contributed by atoms with Crippen molar-refractivity contribution >= 4 is 23.5 Å². The minimum absolute atomic E-state index is 0.0632. The van der Waals surface area contributed by atoms with Gasteiger partial charge in [0.1, 0.15) is 17.5 Å². The predicted octanol–water partition coefficient (Wildman–Crippen LogP) is 2.06. The van der Waals surface area contributed by atoms with Crippen LogP contribution in [0.25, 0.3) is 0 Å². The van der Waals surface area contributed by atoms with Crippen molar-refractivity contribution < 1.29 is 14.5 Å². The number of ether oxygens (including phenoxy) is 1. The summed E-state index contributed by atoms with van der Waals surface area (Å²) < 4.78 is 5.28. The molecule has 9 heteroatoms. The number of carbonyl (C=O) groups excluding carboxylic acids is 1. The van der Waals surface area contributed by atoms with E-state index in [4.69, 9.17) is 10.00 Å². The highest BCUT2D eigenvalue weighted by molar-refractivity contribution is 5.85. The molecule has 0 heterocycles. The Morgan fingerprint density at radius 2 is 2.11 bits per heavy atom. The molecule has 0 aliphatic rings. The molecule has 0 aromatic heterocycles. The van der Waals surface area contributed by atoms with Crippen molar-refractivity contribution in [1.29, 1.82) is 5.26 Å². The zero-order valence-electron chi connectivity index (χ0n) is 14.7. The van der Waals surface area contributed by atoms with Crippen molar-refractivity contribution in [1.82, 2.24) is 5.43 Å². The van der Waals surface area contributed by atoms with E-state index < -0.39 is 10.8 Å². The third-order valence-corrected chi connectivity index (χ3v) is 3.45. The third kappa shape index (κ3) is 5.27. The normalized spacial score (nSPS) is 10.3. The summed E-state index contributed by atoms with van der Waals surface area (Å²) in [5.41, 5.74) is 3.45. The van der Waals surface area contributed by atoms with Crippen molar-refractivity contribution in [2.24, 2.45) is 5.10 Å². The molecular formula is C18H17N5O4. The Hall–Kier alpha value is -3.93. The van der Waals surface area contributed by atoms with E-state index in [1.54, 1.807) is 55.4 Å². The smallest absolute Gasteiger partial charge is 0.293 e. The first kappa shape index (κ1) is 19.4. The van der Waals surface area contributed by atoms with Crippen LogP contribution in [-0.2, 0) is 4.79 Å². The van der Waals surface area contributed by atoms with Gasteiger partial charge in [-0.15, -0.1) is 0 Å². The molecule has 0 unspecified atom stereocenters. The molecule has 2 aromatic rings. The molecule has 2 rings (SSSR count). The van der Waals surface area contributed by atoms with E-state index in [1.165, 1.54) is 12.3 Å². The Morgan fingerprint density at radius 3 is 2.78 bits per heavy atom. The number of nitrogens with one attached hydrogen (secondary N) is 1. The van der Waals surface area contributed by atoms with Crippen molar-refractivity contribution in [3.63, 3.8) is 0 Å². The first-order chi connectivity index (χ1) is 12.9. The molecule has 1 amide bonds. The van der Waals surface area contributed by atoms with Gasteiger partial charge in [-0.2, -0.15) is 10.4 Å². The Balaban J connectivity index is 1.97. The number of hydrazone groups is 1. The standard InChI is InChI=1S/C18H17N5O4/c1-22(2)15-8-7-13(9-16(15)23(25)26)11-20-21-18(24)12-27-17-6-4-3-5-14(17)10-19/h3-9,11H,12H2,1-2H3,(H,21,24)/b20-11-. The number of nitro benzene ring substituents is 1. The van der Waals surface area contributed by atoms with Crippen LogP contribution in [0.4, 0.5) is 11.4 Å². The molecule has 27 heavy (non-hydrogen) atoms. The summed E-state index contributed by atoms with van der Waals surface area (Å²) >= 11 is 0. The Labute approximate surface area is 155 Å². The molecule has 138 valence electrons. The lowest BCUT2D eigenvalue weighted by Gasteiger charge is -2.12. The monoisotopic (exact) mass is 367 g/mol. The number of rotatable bonds is 7. The minimum atomic E-state index is -0.529. The number of nitrogens with zero attached hydrogens (tertiary/aromatic N) is 4. The SMILES string of the molecule is CN(C)c1ccc(/C=N\NC(=O)COc2ccccc2C#N)cc1[N+](=O)[O-]. The Kier molecular flexibility index (Phi) is 6.44. The van der Waals surface area contributed by atoms with Crippen molar-refractivity contribution in [2.75, 3.05) is 25.6 Å². The number of hydrogen-bond acceptors (Lipinski definition) is 7. The summed E-state index contributed by atoms with van der Waals surface area (Å²) in [6, 6.07) is 13.1. The molecule has 0 aliphatic heterocycles. The lowest BCUT2D eigenvalue weighted by Crippen LogP contribution is -2.24. The number of hydrogen-bond donors (Lipinski definition) is 1.